The fourth-order valence-corrected chi connectivity index (χ4v) is 2.88. The van der Waals surface area contributed by atoms with Gasteiger partial charge in [0.1, 0.15) is 0 Å². The predicted octanol–water partition coefficient (Wildman–Crippen LogP) is 5.21. The zero-order chi connectivity index (χ0) is 13.1. The van der Waals surface area contributed by atoms with Gasteiger partial charge in [-0.2, -0.15) is 0 Å². The van der Waals surface area contributed by atoms with Crippen LogP contribution >= 0.6 is 22.9 Å². The van der Waals surface area contributed by atoms with Gasteiger partial charge in [-0.3, -0.25) is 4.98 Å². The number of pyridine rings is 1. The number of aromatic nitrogens is 1. The second kappa shape index (κ2) is 5.43. The van der Waals surface area contributed by atoms with Crippen LogP contribution in [0.15, 0.2) is 60.9 Å². The van der Waals surface area contributed by atoms with Crippen LogP contribution in [0.4, 0.5) is 10.7 Å². The van der Waals surface area contributed by atoms with Crippen molar-refractivity contribution < 1.29 is 0 Å². The maximum absolute atomic E-state index is 6.13. The third-order valence-corrected chi connectivity index (χ3v) is 4.08. The van der Waals surface area contributed by atoms with Crippen molar-refractivity contribution in [2.75, 3.05) is 5.32 Å². The molecule has 1 N–H and O–H groups in total. The lowest BCUT2D eigenvalue weighted by Gasteiger charge is -2.04. The molecule has 0 saturated carbocycles. The number of hydrogen-bond donors (Lipinski definition) is 1. The number of para-hydroxylation sites is 1. The van der Waals surface area contributed by atoms with Gasteiger partial charge in [-0.15, -0.1) is 11.3 Å². The first-order chi connectivity index (χ1) is 9.33. The van der Waals surface area contributed by atoms with Crippen molar-refractivity contribution >= 4 is 33.6 Å². The topological polar surface area (TPSA) is 24.9 Å². The molecule has 94 valence electrons. The van der Waals surface area contributed by atoms with Crippen molar-refractivity contribution in [1.29, 1.82) is 0 Å². The van der Waals surface area contributed by atoms with Crippen molar-refractivity contribution in [1.82, 2.24) is 4.98 Å². The number of hydrogen-bond acceptors (Lipinski definition) is 3. The highest BCUT2D eigenvalue weighted by molar-refractivity contribution is 7.19. The summed E-state index contributed by atoms with van der Waals surface area (Å²) in [5.74, 6) is 0. The fourth-order valence-electron chi connectivity index (χ4n) is 1.77. The third-order valence-electron chi connectivity index (χ3n) is 2.70. The molecule has 0 aliphatic rings. The van der Waals surface area contributed by atoms with E-state index in [9.17, 15) is 0 Å². The maximum atomic E-state index is 6.13. The number of anilines is 2. The molecule has 0 aliphatic heterocycles. The molecule has 3 rings (SSSR count). The summed E-state index contributed by atoms with van der Waals surface area (Å²) >= 11 is 7.82. The molecule has 0 spiro atoms. The fraction of sp³-hybridized carbons (Fsp3) is 0. The quantitative estimate of drug-likeness (QED) is 0.715. The van der Waals surface area contributed by atoms with Crippen LogP contribution in [0.3, 0.4) is 0 Å². The molecule has 0 aliphatic carbocycles. The van der Waals surface area contributed by atoms with E-state index >= 15 is 0 Å². The number of nitrogens with zero attached hydrogens (tertiary/aromatic N) is 1. The molecular weight excluding hydrogens is 276 g/mol. The Balaban J connectivity index is 1.85. The predicted molar refractivity (Wildman–Crippen MR) is 82.3 cm³/mol. The lowest BCUT2D eigenvalue weighted by Crippen LogP contribution is -1.86. The SMILES string of the molecule is Clc1ccccc1Nc1ccc(-c2ccncc2)s1. The van der Waals surface area contributed by atoms with Crippen LogP contribution in [0.25, 0.3) is 10.4 Å². The summed E-state index contributed by atoms with van der Waals surface area (Å²) in [4.78, 5) is 5.23. The summed E-state index contributed by atoms with van der Waals surface area (Å²) in [6, 6.07) is 15.9. The van der Waals surface area contributed by atoms with Crippen LogP contribution in [0.5, 0.6) is 0 Å². The second-order valence-corrected chi connectivity index (χ2v) is 5.50. The van der Waals surface area contributed by atoms with Crippen LogP contribution in [-0.4, -0.2) is 4.98 Å². The maximum Gasteiger partial charge on any atom is 0.0933 e. The number of rotatable bonds is 3. The highest BCUT2D eigenvalue weighted by atomic mass is 35.5. The molecule has 0 saturated heterocycles. The number of nitrogens with one attached hydrogen (secondary N) is 1. The highest BCUT2D eigenvalue weighted by Gasteiger charge is 2.04. The van der Waals surface area contributed by atoms with Gasteiger partial charge < -0.3 is 5.32 Å². The summed E-state index contributed by atoms with van der Waals surface area (Å²) < 4.78 is 0. The molecule has 0 bridgehead atoms. The van der Waals surface area contributed by atoms with Crippen molar-refractivity contribution in [3.8, 4) is 10.4 Å². The van der Waals surface area contributed by atoms with E-state index in [4.69, 9.17) is 11.6 Å². The van der Waals surface area contributed by atoms with Gasteiger partial charge in [0.05, 0.1) is 15.7 Å². The molecule has 0 radical (unpaired) electrons. The molecule has 2 aromatic heterocycles. The van der Waals surface area contributed by atoms with E-state index in [0.717, 1.165) is 15.7 Å². The van der Waals surface area contributed by atoms with Crippen LogP contribution in [-0.2, 0) is 0 Å². The number of halogens is 1. The molecule has 4 heteroatoms. The number of thiophene rings is 1. The van der Waals surface area contributed by atoms with Crippen LogP contribution in [0.1, 0.15) is 0 Å². The van der Waals surface area contributed by atoms with E-state index in [-0.39, 0.29) is 0 Å². The Labute approximate surface area is 120 Å². The molecule has 2 nitrogen and oxygen atoms in total. The summed E-state index contributed by atoms with van der Waals surface area (Å²) in [7, 11) is 0. The van der Waals surface area contributed by atoms with Gasteiger partial charge in [0.15, 0.2) is 0 Å². The van der Waals surface area contributed by atoms with Gasteiger partial charge >= 0.3 is 0 Å². The molecule has 0 fully saturated rings. The molecule has 2 heterocycles. The first kappa shape index (κ1) is 12.2. The normalized spacial score (nSPS) is 10.4. The van der Waals surface area contributed by atoms with E-state index in [1.54, 1.807) is 23.7 Å². The van der Waals surface area contributed by atoms with Gasteiger partial charge in [0.25, 0.3) is 0 Å². The zero-order valence-corrected chi connectivity index (χ0v) is 11.6. The molecule has 0 atom stereocenters. The monoisotopic (exact) mass is 286 g/mol. The lowest BCUT2D eigenvalue weighted by molar-refractivity contribution is 1.33. The minimum atomic E-state index is 0.723. The summed E-state index contributed by atoms with van der Waals surface area (Å²) in [6.07, 6.45) is 3.60. The Morgan fingerprint density at radius 3 is 2.53 bits per heavy atom. The van der Waals surface area contributed by atoms with Crippen molar-refractivity contribution in [2.45, 2.75) is 0 Å². The second-order valence-electron chi connectivity index (χ2n) is 4.00. The first-order valence-corrected chi connectivity index (χ1v) is 7.04. The van der Waals surface area contributed by atoms with E-state index in [0.29, 0.717) is 0 Å². The van der Waals surface area contributed by atoms with Crippen LogP contribution in [0, 0.1) is 0 Å². The van der Waals surface area contributed by atoms with Crippen molar-refractivity contribution in [3.63, 3.8) is 0 Å². The largest absolute Gasteiger partial charge is 0.346 e. The van der Waals surface area contributed by atoms with E-state index in [2.05, 4.69) is 22.4 Å². The molecule has 0 amide bonds. The van der Waals surface area contributed by atoms with Crippen molar-refractivity contribution in [3.05, 3.63) is 65.9 Å². The minimum absolute atomic E-state index is 0.723. The standard InChI is InChI=1S/C15H11ClN2S/c16-12-3-1-2-4-13(12)18-15-6-5-14(19-15)11-7-9-17-10-8-11/h1-10,18H. The van der Waals surface area contributed by atoms with Gasteiger partial charge in [-0.05, 0) is 42.0 Å². The molecule has 19 heavy (non-hydrogen) atoms. The third kappa shape index (κ3) is 2.78. The zero-order valence-electron chi connectivity index (χ0n) is 10.0. The molecule has 0 unspecified atom stereocenters. The minimum Gasteiger partial charge on any atom is -0.346 e. The average Bonchev–Trinajstić information content (AvgIpc) is 2.91. The number of benzene rings is 1. The Kier molecular flexibility index (Phi) is 3.49. The Morgan fingerprint density at radius 2 is 1.74 bits per heavy atom. The lowest BCUT2D eigenvalue weighted by atomic mass is 10.2. The Bertz CT molecular complexity index is 679. The molecule has 3 aromatic rings. The first-order valence-electron chi connectivity index (χ1n) is 5.85. The Morgan fingerprint density at radius 1 is 0.947 bits per heavy atom. The van der Waals surface area contributed by atoms with Gasteiger partial charge in [0, 0.05) is 17.3 Å². The average molecular weight is 287 g/mol. The molecule has 1 aromatic carbocycles. The summed E-state index contributed by atoms with van der Waals surface area (Å²) in [6.45, 7) is 0. The van der Waals surface area contributed by atoms with E-state index < -0.39 is 0 Å². The van der Waals surface area contributed by atoms with Gasteiger partial charge in [-0.25, -0.2) is 0 Å². The smallest absolute Gasteiger partial charge is 0.0933 e. The molecular formula is C15H11ClN2S. The summed E-state index contributed by atoms with van der Waals surface area (Å²) in [5.41, 5.74) is 2.10. The summed E-state index contributed by atoms with van der Waals surface area (Å²) in [5, 5.41) is 5.13. The van der Waals surface area contributed by atoms with E-state index in [1.165, 1.54) is 10.4 Å². The van der Waals surface area contributed by atoms with Gasteiger partial charge in [0.2, 0.25) is 0 Å². The van der Waals surface area contributed by atoms with Crippen LogP contribution < -0.4 is 5.32 Å². The van der Waals surface area contributed by atoms with Crippen LogP contribution in [0.2, 0.25) is 5.02 Å². The van der Waals surface area contributed by atoms with Crippen molar-refractivity contribution in [2.24, 2.45) is 0 Å². The highest BCUT2D eigenvalue weighted by Crippen LogP contribution is 2.34. The van der Waals surface area contributed by atoms with E-state index in [1.807, 2.05) is 36.4 Å². The Hall–Kier alpha value is -1.84. The van der Waals surface area contributed by atoms with Gasteiger partial charge in [-0.1, -0.05) is 23.7 Å².